The molecule has 1 amide bonds. The minimum atomic E-state index is -0.582. The van der Waals surface area contributed by atoms with Gasteiger partial charge in [0.15, 0.2) is 0 Å². The van der Waals surface area contributed by atoms with Gasteiger partial charge in [0.05, 0.1) is 26.6 Å². The highest BCUT2D eigenvalue weighted by atomic mass is 79.9. The van der Waals surface area contributed by atoms with E-state index in [1.54, 1.807) is 48.5 Å². The van der Waals surface area contributed by atoms with Gasteiger partial charge < -0.3 is 10.1 Å². The van der Waals surface area contributed by atoms with Gasteiger partial charge in [-0.05, 0) is 57.9 Å². The number of ether oxygens (including phenoxy) is 1. The molecule has 9 heteroatoms. The summed E-state index contributed by atoms with van der Waals surface area (Å²) in [7, 11) is 0. The average Bonchev–Trinajstić information content (AvgIpc) is 2.69. The van der Waals surface area contributed by atoms with E-state index in [2.05, 4.69) is 21.2 Å². The van der Waals surface area contributed by atoms with Gasteiger partial charge in [-0.3, -0.25) is 14.9 Å². The number of anilines is 1. The summed E-state index contributed by atoms with van der Waals surface area (Å²) >= 11 is 15.1. The molecular formula is C20H13BrCl2N2O4. The molecule has 0 fully saturated rings. The number of rotatable bonds is 6. The molecule has 3 rings (SSSR count). The van der Waals surface area contributed by atoms with Crippen LogP contribution < -0.4 is 10.1 Å². The molecule has 148 valence electrons. The fraction of sp³-hybridized carbons (Fsp3) is 0.0500. The van der Waals surface area contributed by atoms with Crippen LogP contribution >= 0.6 is 39.1 Å². The predicted octanol–water partition coefficient (Wildman–Crippen LogP) is 6.50. The maximum atomic E-state index is 12.4. The first-order chi connectivity index (χ1) is 13.8. The number of amides is 1. The van der Waals surface area contributed by atoms with Gasteiger partial charge >= 0.3 is 0 Å². The van der Waals surface area contributed by atoms with E-state index in [1.165, 1.54) is 12.1 Å². The third kappa shape index (κ3) is 5.26. The molecule has 0 aliphatic heterocycles. The molecule has 6 nitrogen and oxygen atoms in total. The van der Waals surface area contributed by atoms with E-state index in [0.29, 0.717) is 20.1 Å². The first-order valence-corrected chi connectivity index (χ1v) is 9.81. The van der Waals surface area contributed by atoms with Crippen molar-refractivity contribution in [1.82, 2.24) is 0 Å². The summed E-state index contributed by atoms with van der Waals surface area (Å²) in [5, 5.41) is 14.9. The zero-order valence-corrected chi connectivity index (χ0v) is 17.8. The van der Waals surface area contributed by atoms with Gasteiger partial charge in [0, 0.05) is 4.47 Å². The summed E-state index contributed by atoms with van der Waals surface area (Å²) in [4.78, 5) is 23.3. The second-order valence-electron chi connectivity index (χ2n) is 5.91. The number of benzene rings is 3. The minimum Gasteiger partial charge on any atom is -0.489 e. The maximum absolute atomic E-state index is 12.4. The number of nitro benzene ring substituents is 1. The van der Waals surface area contributed by atoms with Crippen molar-refractivity contribution in [1.29, 1.82) is 0 Å². The number of nitrogens with zero attached hydrogens (tertiary/aromatic N) is 1. The van der Waals surface area contributed by atoms with E-state index in [-0.39, 0.29) is 23.7 Å². The third-order valence-electron chi connectivity index (χ3n) is 3.92. The Morgan fingerprint density at radius 3 is 2.52 bits per heavy atom. The molecule has 29 heavy (non-hydrogen) atoms. The van der Waals surface area contributed by atoms with E-state index in [4.69, 9.17) is 27.9 Å². The highest BCUT2D eigenvalue weighted by Gasteiger charge is 2.19. The molecule has 0 heterocycles. The molecular weight excluding hydrogens is 483 g/mol. The van der Waals surface area contributed by atoms with Crippen LogP contribution in [0.1, 0.15) is 15.9 Å². The Balaban J connectivity index is 1.78. The van der Waals surface area contributed by atoms with E-state index in [1.807, 2.05) is 0 Å². The zero-order chi connectivity index (χ0) is 21.0. The predicted molar refractivity (Wildman–Crippen MR) is 116 cm³/mol. The van der Waals surface area contributed by atoms with Crippen molar-refractivity contribution < 1.29 is 14.5 Å². The lowest BCUT2D eigenvalue weighted by Gasteiger charge is -2.10. The Morgan fingerprint density at radius 2 is 1.83 bits per heavy atom. The molecule has 0 bridgehead atoms. The molecule has 0 saturated carbocycles. The van der Waals surface area contributed by atoms with Crippen molar-refractivity contribution >= 4 is 56.4 Å². The lowest BCUT2D eigenvalue weighted by Crippen LogP contribution is -2.13. The molecule has 0 atom stereocenters. The van der Waals surface area contributed by atoms with Crippen LogP contribution in [0, 0.1) is 10.1 Å². The van der Waals surface area contributed by atoms with E-state index < -0.39 is 10.8 Å². The molecule has 0 aliphatic rings. The van der Waals surface area contributed by atoms with Crippen molar-refractivity contribution in [2.45, 2.75) is 6.61 Å². The Hall–Kier alpha value is -2.61. The number of nitrogens with one attached hydrogen (secondary N) is 1. The average molecular weight is 496 g/mol. The molecule has 3 aromatic carbocycles. The summed E-state index contributed by atoms with van der Waals surface area (Å²) in [6, 6.07) is 16.1. The third-order valence-corrected chi connectivity index (χ3v) is 5.35. The number of carbonyl (C=O) groups is 1. The lowest BCUT2D eigenvalue weighted by atomic mass is 10.2. The Bertz CT molecular complexity index is 1090. The smallest absolute Gasteiger partial charge is 0.296 e. The lowest BCUT2D eigenvalue weighted by molar-refractivity contribution is -0.384. The minimum absolute atomic E-state index is 0.0673. The molecule has 0 aliphatic carbocycles. The fourth-order valence-corrected chi connectivity index (χ4v) is 3.27. The molecule has 0 radical (unpaired) electrons. The summed E-state index contributed by atoms with van der Waals surface area (Å²) in [6.07, 6.45) is 0. The van der Waals surface area contributed by atoms with Gasteiger partial charge in [-0.2, -0.15) is 0 Å². The standard InChI is InChI=1S/C20H13BrCl2N2O4/c21-15-4-2-1-3-14(15)20(26)24-18-8-6-13(10-19(18)25(27)28)29-11-12-5-7-16(22)17(23)9-12/h1-10H,11H2,(H,24,26). The van der Waals surface area contributed by atoms with Gasteiger partial charge in [0.1, 0.15) is 18.0 Å². The second-order valence-corrected chi connectivity index (χ2v) is 7.58. The topological polar surface area (TPSA) is 81.5 Å². The number of halogens is 3. The van der Waals surface area contributed by atoms with Crippen molar-refractivity contribution in [3.8, 4) is 5.75 Å². The normalized spacial score (nSPS) is 10.4. The van der Waals surface area contributed by atoms with Crippen molar-refractivity contribution in [3.05, 3.63) is 96.4 Å². The summed E-state index contributed by atoms with van der Waals surface area (Å²) in [5.74, 6) is -0.188. The number of hydrogen-bond acceptors (Lipinski definition) is 4. The van der Waals surface area contributed by atoms with Gasteiger partial charge in [0.25, 0.3) is 11.6 Å². The van der Waals surface area contributed by atoms with Crippen LogP contribution in [0.5, 0.6) is 5.75 Å². The van der Waals surface area contributed by atoms with Crippen LogP contribution in [-0.4, -0.2) is 10.8 Å². The van der Waals surface area contributed by atoms with Crippen LogP contribution in [-0.2, 0) is 6.61 Å². The molecule has 0 saturated heterocycles. The fourth-order valence-electron chi connectivity index (χ4n) is 2.49. The van der Waals surface area contributed by atoms with E-state index >= 15 is 0 Å². The maximum Gasteiger partial charge on any atom is 0.296 e. The summed E-state index contributed by atoms with van der Waals surface area (Å²) < 4.78 is 6.20. The molecule has 0 unspecified atom stereocenters. The van der Waals surface area contributed by atoms with Gasteiger partial charge in [-0.1, -0.05) is 41.4 Å². The van der Waals surface area contributed by atoms with Crippen LogP contribution in [0.25, 0.3) is 0 Å². The van der Waals surface area contributed by atoms with Gasteiger partial charge in [-0.25, -0.2) is 0 Å². The SMILES string of the molecule is O=C(Nc1ccc(OCc2ccc(Cl)c(Cl)c2)cc1[N+](=O)[O-])c1ccccc1Br. The Labute approximate surface area is 184 Å². The van der Waals surface area contributed by atoms with Crippen LogP contribution in [0.4, 0.5) is 11.4 Å². The first-order valence-electron chi connectivity index (χ1n) is 8.26. The summed E-state index contributed by atoms with van der Waals surface area (Å²) in [5.41, 5.74) is 0.907. The molecule has 0 aromatic heterocycles. The number of carbonyl (C=O) groups excluding carboxylic acids is 1. The monoisotopic (exact) mass is 494 g/mol. The number of nitro groups is 1. The second kappa shape index (κ2) is 9.26. The molecule has 0 spiro atoms. The van der Waals surface area contributed by atoms with E-state index in [0.717, 1.165) is 5.56 Å². The zero-order valence-electron chi connectivity index (χ0n) is 14.7. The highest BCUT2D eigenvalue weighted by Crippen LogP contribution is 2.31. The van der Waals surface area contributed by atoms with Crippen LogP contribution in [0.15, 0.2) is 65.1 Å². The van der Waals surface area contributed by atoms with Crippen molar-refractivity contribution in [2.24, 2.45) is 0 Å². The Kier molecular flexibility index (Phi) is 6.74. The number of hydrogen-bond donors (Lipinski definition) is 1. The van der Waals surface area contributed by atoms with Crippen molar-refractivity contribution in [2.75, 3.05) is 5.32 Å². The van der Waals surface area contributed by atoms with Gasteiger partial charge in [0.2, 0.25) is 0 Å². The molecule has 3 aromatic rings. The summed E-state index contributed by atoms with van der Waals surface area (Å²) in [6.45, 7) is 0.150. The highest BCUT2D eigenvalue weighted by molar-refractivity contribution is 9.10. The van der Waals surface area contributed by atoms with E-state index in [9.17, 15) is 14.9 Å². The van der Waals surface area contributed by atoms with Crippen LogP contribution in [0.2, 0.25) is 10.0 Å². The van der Waals surface area contributed by atoms with Crippen molar-refractivity contribution in [3.63, 3.8) is 0 Å². The Morgan fingerprint density at radius 1 is 1.07 bits per heavy atom. The first kappa shape index (κ1) is 21.1. The molecule has 1 N–H and O–H groups in total. The largest absolute Gasteiger partial charge is 0.489 e. The van der Waals surface area contributed by atoms with Crippen LogP contribution in [0.3, 0.4) is 0 Å². The quantitative estimate of drug-likeness (QED) is 0.312. The van der Waals surface area contributed by atoms with Gasteiger partial charge in [-0.15, -0.1) is 0 Å².